The Bertz CT molecular complexity index is 901. The first kappa shape index (κ1) is 19.4. The van der Waals surface area contributed by atoms with Crippen molar-refractivity contribution in [3.63, 3.8) is 0 Å². The number of aromatic nitrogens is 1. The molecule has 1 spiro atoms. The molecule has 1 amide bonds. The molecule has 1 aromatic heterocycles. The minimum absolute atomic E-state index is 0.136. The Morgan fingerprint density at radius 2 is 1.86 bits per heavy atom. The van der Waals surface area contributed by atoms with Crippen LogP contribution in [0.15, 0.2) is 42.6 Å². The molecule has 2 saturated heterocycles. The van der Waals surface area contributed by atoms with Crippen LogP contribution in [-0.4, -0.2) is 61.0 Å². The number of rotatable bonds is 4. The summed E-state index contributed by atoms with van der Waals surface area (Å²) in [6, 6.07) is 10.5. The van der Waals surface area contributed by atoms with Gasteiger partial charge in [-0.15, -0.1) is 0 Å². The van der Waals surface area contributed by atoms with Crippen molar-refractivity contribution in [2.75, 3.05) is 38.7 Å². The first-order chi connectivity index (χ1) is 14.1. The van der Waals surface area contributed by atoms with Gasteiger partial charge >= 0.3 is 5.97 Å². The number of carbonyl (C=O) groups is 2. The molecule has 2 aliphatic heterocycles. The van der Waals surface area contributed by atoms with E-state index in [4.69, 9.17) is 14.2 Å². The third-order valence-corrected chi connectivity index (χ3v) is 5.22. The summed E-state index contributed by atoms with van der Waals surface area (Å²) in [6.07, 6.45) is 2.89. The van der Waals surface area contributed by atoms with Crippen LogP contribution in [0.1, 0.15) is 33.7 Å². The monoisotopic (exact) mass is 397 g/mol. The molecule has 8 nitrogen and oxygen atoms in total. The van der Waals surface area contributed by atoms with E-state index in [0.29, 0.717) is 61.8 Å². The lowest BCUT2D eigenvalue weighted by Gasteiger charge is -2.37. The highest BCUT2D eigenvalue weighted by Crippen LogP contribution is 2.31. The maximum atomic E-state index is 12.9. The fraction of sp³-hybridized carbons (Fsp3) is 0.381. The van der Waals surface area contributed by atoms with Crippen LogP contribution in [-0.2, 0) is 14.2 Å². The third kappa shape index (κ3) is 4.08. The molecular weight excluding hydrogens is 374 g/mol. The lowest BCUT2D eigenvalue weighted by molar-refractivity contribution is -0.181. The number of esters is 1. The molecule has 3 heterocycles. The summed E-state index contributed by atoms with van der Waals surface area (Å²) in [4.78, 5) is 30.9. The second-order valence-electron chi connectivity index (χ2n) is 6.99. The molecule has 2 aliphatic rings. The molecule has 152 valence electrons. The van der Waals surface area contributed by atoms with Gasteiger partial charge in [0, 0.05) is 37.8 Å². The number of nitrogens with zero attached hydrogens (tertiary/aromatic N) is 2. The zero-order valence-corrected chi connectivity index (χ0v) is 16.2. The number of hydrogen-bond donors (Lipinski definition) is 1. The Labute approximate surface area is 168 Å². The number of nitrogens with one attached hydrogen (secondary N) is 1. The Balaban J connectivity index is 1.47. The summed E-state index contributed by atoms with van der Waals surface area (Å²) in [5.41, 5.74) is 2.02. The van der Waals surface area contributed by atoms with Crippen molar-refractivity contribution in [2.24, 2.45) is 0 Å². The van der Waals surface area contributed by atoms with Gasteiger partial charge in [0.05, 0.1) is 31.6 Å². The zero-order chi connectivity index (χ0) is 20.3. The van der Waals surface area contributed by atoms with E-state index in [0.717, 1.165) is 0 Å². The molecule has 0 unspecified atom stereocenters. The van der Waals surface area contributed by atoms with Crippen LogP contribution in [0.5, 0.6) is 0 Å². The quantitative estimate of drug-likeness (QED) is 0.793. The van der Waals surface area contributed by atoms with Crippen LogP contribution in [0.2, 0.25) is 0 Å². The van der Waals surface area contributed by atoms with E-state index >= 15 is 0 Å². The first-order valence-corrected chi connectivity index (χ1v) is 9.58. The number of pyridine rings is 1. The zero-order valence-electron chi connectivity index (χ0n) is 16.2. The van der Waals surface area contributed by atoms with Crippen LogP contribution < -0.4 is 5.32 Å². The van der Waals surface area contributed by atoms with Gasteiger partial charge in [0.2, 0.25) is 0 Å². The molecule has 0 radical (unpaired) electrons. The van der Waals surface area contributed by atoms with Gasteiger partial charge in [0.1, 0.15) is 5.69 Å². The van der Waals surface area contributed by atoms with Crippen LogP contribution in [0, 0.1) is 0 Å². The molecular formula is C21H23N3O5. The van der Waals surface area contributed by atoms with Gasteiger partial charge in [-0.3, -0.25) is 9.78 Å². The predicted molar refractivity (Wildman–Crippen MR) is 105 cm³/mol. The number of hydrogen-bond acceptors (Lipinski definition) is 7. The maximum Gasteiger partial charge on any atom is 0.339 e. The molecule has 1 aromatic carbocycles. The molecule has 0 bridgehead atoms. The highest BCUT2D eigenvalue weighted by molar-refractivity contribution is 5.97. The number of carbonyl (C=O) groups excluding carboxylic acids is 2. The molecule has 4 rings (SSSR count). The second kappa shape index (κ2) is 8.18. The largest absolute Gasteiger partial charge is 0.465 e. The number of likely N-dealkylation sites (tertiary alicyclic amines) is 1. The Kier molecular flexibility index (Phi) is 5.46. The van der Waals surface area contributed by atoms with Gasteiger partial charge in [-0.2, -0.15) is 0 Å². The number of anilines is 2. The first-order valence-electron chi connectivity index (χ1n) is 9.58. The van der Waals surface area contributed by atoms with Crippen molar-refractivity contribution in [1.29, 1.82) is 0 Å². The number of benzene rings is 1. The Hall–Kier alpha value is -2.97. The van der Waals surface area contributed by atoms with Gasteiger partial charge in [-0.05, 0) is 24.3 Å². The minimum atomic E-state index is -0.523. The molecule has 0 saturated carbocycles. The maximum absolute atomic E-state index is 12.9. The SMILES string of the molecule is COC(=O)c1ccccc1Nc1ccnc(C(=O)N2CCC3(CC2)OCCO3)c1. The van der Waals surface area contributed by atoms with Gasteiger partial charge in [-0.25, -0.2) is 4.79 Å². The standard InChI is InChI=1S/C21H23N3O5/c1-27-20(26)16-4-2-3-5-17(16)23-15-6-9-22-18(14-15)19(25)24-10-7-21(8-11-24)28-12-13-29-21/h2-6,9,14H,7-8,10-13H2,1H3,(H,22,23). The van der Waals surface area contributed by atoms with E-state index in [9.17, 15) is 9.59 Å². The average Bonchev–Trinajstić information content (AvgIpc) is 3.22. The van der Waals surface area contributed by atoms with Crippen molar-refractivity contribution in [3.8, 4) is 0 Å². The van der Waals surface area contributed by atoms with E-state index in [1.807, 2.05) is 6.07 Å². The highest BCUT2D eigenvalue weighted by Gasteiger charge is 2.41. The Morgan fingerprint density at radius 1 is 1.14 bits per heavy atom. The molecule has 1 N–H and O–H groups in total. The average molecular weight is 397 g/mol. The fourth-order valence-corrected chi connectivity index (χ4v) is 3.66. The molecule has 8 heteroatoms. The van der Waals surface area contributed by atoms with Crippen molar-refractivity contribution >= 4 is 23.3 Å². The molecule has 0 aliphatic carbocycles. The lowest BCUT2D eigenvalue weighted by Crippen LogP contribution is -2.47. The summed E-state index contributed by atoms with van der Waals surface area (Å²) < 4.78 is 16.3. The number of ether oxygens (including phenoxy) is 3. The van der Waals surface area contributed by atoms with E-state index in [1.54, 1.807) is 41.4 Å². The summed E-state index contributed by atoms with van der Waals surface area (Å²) in [5, 5.41) is 3.17. The fourth-order valence-electron chi connectivity index (χ4n) is 3.66. The van der Waals surface area contributed by atoms with Crippen molar-refractivity contribution in [2.45, 2.75) is 18.6 Å². The summed E-state index contributed by atoms with van der Waals surface area (Å²) in [5.74, 6) is -1.09. The van der Waals surface area contributed by atoms with Crippen molar-refractivity contribution in [3.05, 3.63) is 53.9 Å². The second-order valence-corrected chi connectivity index (χ2v) is 6.99. The predicted octanol–water partition coefficient (Wildman–Crippen LogP) is 2.59. The lowest BCUT2D eigenvalue weighted by atomic mass is 10.0. The van der Waals surface area contributed by atoms with E-state index < -0.39 is 11.8 Å². The normalized spacial score (nSPS) is 17.9. The smallest absolute Gasteiger partial charge is 0.339 e. The van der Waals surface area contributed by atoms with Gasteiger partial charge in [0.25, 0.3) is 5.91 Å². The van der Waals surface area contributed by atoms with Gasteiger partial charge in [0.15, 0.2) is 5.79 Å². The van der Waals surface area contributed by atoms with Crippen molar-refractivity contribution < 1.29 is 23.8 Å². The van der Waals surface area contributed by atoms with Crippen molar-refractivity contribution in [1.82, 2.24) is 9.88 Å². The van der Waals surface area contributed by atoms with Gasteiger partial charge in [-0.1, -0.05) is 12.1 Å². The molecule has 2 aromatic rings. The van der Waals surface area contributed by atoms with Crippen LogP contribution >= 0.6 is 0 Å². The van der Waals surface area contributed by atoms with Crippen LogP contribution in [0.25, 0.3) is 0 Å². The third-order valence-electron chi connectivity index (χ3n) is 5.22. The highest BCUT2D eigenvalue weighted by atomic mass is 16.7. The van der Waals surface area contributed by atoms with E-state index in [2.05, 4.69) is 10.3 Å². The van der Waals surface area contributed by atoms with Gasteiger partial charge < -0.3 is 24.4 Å². The number of para-hydroxylation sites is 1. The molecule has 29 heavy (non-hydrogen) atoms. The topological polar surface area (TPSA) is 90.0 Å². The van der Waals surface area contributed by atoms with E-state index in [1.165, 1.54) is 7.11 Å². The summed E-state index contributed by atoms with van der Waals surface area (Å²) in [7, 11) is 1.34. The molecule has 2 fully saturated rings. The minimum Gasteiger partial charge on any atom is -0.465 e. The summed E-state index contributed by atoms with van der Waals surface area (Å²) >= 11 is 0. The van der Waals surface area contributed by atoms with Crippen LogP contribution in [0.4, 0.5) is 11.4 Å². The number of piperidine rings is 1. The van der Waals surface area contributed by atoms with Crippen LogP contribution in [0.3, 0.4) is 0 Å². The molecule has 0 atom stereocenters. The number of methoxy groups -OCH3 is 1. The summed E-state index contributed by atoms with van der Waals surface area (Å²) in [6.45, 7) is 2.33. The van der Waals surface area contributed by atoms with E-state index in [-0.39, 0.29) is 5.91 Å². The number of amides is 1. The Morgan fingerprint density at radius 3 is 2.59 bits per heavy atom.